The molecule has 6 heteroatoms. The molecule has 1 aliphatic carbocycles. The summed E-state index contributed by atoms with van der Waals surface area (Å²) in [4.78, 5) is 5.04. The van der Waals surface area contributed by atoms with Gasteiger partial charge in [-0.3, -0.25) is 0 Å². The number of fused-ring (bicyclic) bond motifs is 8. The summed E-state index contributed by atoms with van der Waals surface area (Å²) in [6.07, 6.45) is 2.29. The number of para-hydroxylation sites is 1. The zero-order chi connectivity index (χ0) is 57.3. The van der Waals surface area contributed by atoms with E-state index in [0.717, 1.165) is 87.3 Å². The summed E-state index contributed by atoms with van der Waals surface area (Å²) >= 11 is 1.90. The molecule has 2 aromatic heterocycles. The second-order valence-electron chi connectivity index (χ2n) is 27.8. The van der Waals surface area contributed by atoms with Crippen LogP contribution in [0.4, 0.5) is 44.8 Å². The number of anilines is 8. The smallest absolute Gasteiger partial charge is 0.200 e. The van der Waals surface area contributed by atoms with Crippen LogP contribution in [0.2, 0.25) is 0 Å². The summed E-state index contributed by atoms with van der Waals surface area (Å²) in [5.41, 5.74) is 23.4. The Morgan fingerprint density at radius 3 is 1.74 bits per heavy atom. The van der Waals surface area contributed by atoms with Crippen LogP contribution in [0.15, 0.2) is 192 Å². The van der Waals surface area contributed by atoms with Gasteiger partial charge in [0.2, 0.25) is 7.28 Å². The maximum Gasteiger partial charge on any atom is 0.200 e. The fourth-order valence-corrected chi connectivity index (χ4v) is 14.3. The van der Waals surface area contributed by atoms with Gasteiger partial charge in [0.1, 0.15) is 11.2 Å². The van der Waals surface area contributed by atoms with Crippen LogP contribution in [-0.2, 0) is 27.1 Å². The van der Waals surface area contributed by atoms with E-state index < -0.39 is 0 Å². The van der Waals surface area contributed by atoms with Crippen molar-refractivity contribution in [2.24, 2.45) is 0 Å². The molecule has 11 aromatic rings. The molecule has 0 bridgehead atoms. The lowest BCUT2D eigenvalue weighted by atomic mass is 9.58. The van der Waals surface area contributed by atoms with E-state index in [1.807, 2.05) is 11.3 Å². The highest BCUT2D eigenvalue weighted by molar-refractivity contribution is 7.25. The van der Waals surface area contributed by atoms with Crippen molar-refractivity contribution >= 4 is 106 Å². The summed E-state index contributed by atoms with van der Waals surface area (Å²) in [6.45, 7) is 30.4. The van der Waals surface area contributed by atoms with Gasteiger partial charge in [-0.2, -0.15) is 0 Å². The summed E-state index contributed by atoms with van der Waals surface area (Å²) in [7, 11) is 0.726. The zero-order valence-electron chi connectivity index (χ0n) is 50.2. The van der Waals surface area contributed by atoms with Crippen LogP contribution in [-0.4, -0.2) is 7.28 Å². The summed E-state index contributed by atoms with van der Waals surface area (Å²) in [6, 6.07) is 71.0. The molecular formula is C76H76BN3OS. The number of benzene rings is 9. The first kappa shape index (κ1) is 53.5. The zero-order valence-corrected chi connectivity index (χ0v) is 51.0. The van der Waals surface area contributed by atoms with E-state index in [9.17, 15) is 0 Å². The Morgan fingerprint density at radius 1 is 0.500 bits per heavy atom. The van der Waals surface area contributed by atoms with Crippen molar-refractivity contribution in [3.8, 4) is 22.3 Å². The average Bonchev–Trinajstić information content (AvgIpc) is 2.16. The minimum absolute atomic E-state index is 0.0105. The first-order valence-electron chi connectivity index (χ1n) is 29.6. The minimum Gasteiger partial charge on any atom is -0.455 e. The molecule has 0 unspecified atom stereocenters. The number of nitrogens with one attached hydrogen (secondary N) is 1. The van der Waals surface area contributed by atoms with Crippen LogP contribution in [0.1, 0.15) is 131 Å². The van der Waals surface area contributed by atoms with Crippen LogP contribution < -0.4 is 26.0 Å². The Kier molecular flexibility index (Phi) is 12.7. The Bertz CT molecular complexity index is 4220. The molecule has 0 fully saturated rings. The van der Waals surface area contributed by atoms with Gasteiger partial charge in [0, 0.05) is 66.3 Å². The maximum atomic E-state index is 7.32. The lowest BCUT2D eigenvalue weighted by Gasteiger charge is -2.42. The van der Waals surface area contributed by atoms with E-state index >= 15 is 0 Å². The van der Waals surface area contributed by atoms with Crippen molar-refractivity contribution in [2.75, 3.05) is 15.1 Å². The van der Waals surface area contributed by atoms with E-state index in [2.05, 4.69) is 293 Å². The van der Waals surface area contributed by atoms with E-state index in [1.54, 1.807) is 0 Å². The number of thiophene rings is 1. The molecule has 2 aliphatic rings. The standard InChI is InChI=1S/C76H76BN3OS/c1-72(2,3)48-27-33-52(34-28-48)79(53-35-29-49(30-36-53)73(4,5)6)54-37-38-56(62(45-54)78-51-32-39-60-61(44-51)76(12,13)42-41-75(60,10)11)67-69-64(46-59-55-23-17-19-25-65(55)81-70(59)67)80(71-68(77-69)57-24-18-20-26-66(57)82-71)63-40-31-50(74(7,8)9)43-58(63)47-21-15-14-16-22-47/h14-40,43-46,77-78H,41-42H2,1-13H3. The average molecular weight is 1090 g/mol. The summed E-state index contributed by atoms with van der Waals surface area (Å²) in [5, 5.41) is 8.95. The monoisotopic (exact) mass is 1090 g/mol. The molecule has 0 amide bonds. The fourth-order valence-electron chi connectivity index (χ4n) is 13.0. The molecule has 1 aliphatic heterocycles. The lowest BCUT2D eigenvalue weighted by molar-refractivity contribution is 0.332. The molecule has 0 saturated heterocycles. The van der Waals surface area contributed by atoms with Crippen LogP contribution in [0, 0.1) is 0 Å². The van der Waals surface area contributed by atoms with Crippen LogP contribution in [0.3, 0.4) is 0 Å². The highest BCUT2D eigenvalue weighted by atomic mass is 32.1. The maximum absolute atomic E-state index is 7.32. The minimum atomic E-state index is -0.0550. The Morgan fingerprint density at radius 2 is 1.09 bits per heavy atom. The van der Waals surface area contributed by atoms with Crippen LogP contribution in [0.5, 0.6) is 0 Å². The molecule has 0 spiro atoms. The molecule has 1 N–H and O–H groups in total. The van der Waals surface area contributed by atoms with Gasteiger partial charge in [0.05, 0.1) is 10.7 Å². The van der Waals surface area contributed by atoms with Crippen LogP contribution in [0.25, 0.3) is 54.3 Å². The highest BCUT2D eigenvalue weighted by Gasteiger charge is 2.38. The normalized spacial score (nSPS) is 14.8. The van der Waals surface area contributed by atoms with E-state index in [-0.39, 0.29) is 27.1 Å². The molecular weight excluding hydrogens is 1010 g/mol. The topological polar surface area (TPSA) is 31.7 Å². The predicted octanol–water partition coefficient (Wildman–Crippen LogP) is 20.8. The van der Waals surface area contributed by atoms with Gasteiger partial charge in [-0.25, -0.2) is 0 Å². The van der Waals surface area contributed by atoms with Crippen molar-refractivity contribution in [3.63, 3.8) is 0 Å². The van der Waals surface area contributed by atoms with Gasteiger partial charge in [-0.15, -0.1) is 11.3 Å². The number of furan rings is 1. The highest BCUT2D eigenvalue weighted by Crippen LogP contribution is 2.52. The number of nitrogens with zero attached hydrogens (tertiary/aromatic N) is 2. The van der Waals surface area contributed by atoms with E-state index in [4.69, 9.17) is 4.42 Å². The number of hydrogen-bond acceptors (Lipinski definition) is 5. The Labute approximate surface area is 491 Å². The lowest BCUT2D eigenvalue weighted by Crippen LogP contribution is -2.40. The molecule has 13 rings (SSSR count). The number of hydrogen-bond donors (Lipinski definition) is 1. The van der Waals surface area contributed by atoms with Crippen molar-refractivity contribution in [2.45, 2.75) is 130 Å². The van der Waals surface area contributed by atoms with Gasteiger partial charge < -0.3 is 19.5 Å². The third kappa shape index (κ3) is 9.32. The Balaban J connectivity index is 1.11. The first-order valence-corrected chi connectivity index (χ1v) is 30.4. The van der Waals surface area contributed by atoms with Gasteiger partial charge in [0.15, 0.2) is 0 Å². The molecule has 3 heterocycles. The van der Waals surface area contributed by atoms with Crippen molar-refractivity contribution in [3.05, 3.63) is 216 Å². The SMILES string of the molecule is CC(C)(C)c1ccc(N(c2ccc(C(C)(C)C)cc2)c2ccc(-c3c4c(cc5c3oc3ccccc35)N(c3ccc(C(C)(C)C)cc3-c3ccccc3)c3sc5ccccc5c3B4)c(Nc3ccc4c(c3)C(C)(C)CCC4(C)C)c2)cc1. The van der Waals surface area contributed by atoms with Crippen molar-refractivity contribution in [1.29, 1.82) is 0 Å². The Hall–Kier alpha value is -7.80. The second-order valence-corrected chi connectivity index (χ2v) is 28.8. The van der Waals surface area contributed by atoms with Gasteiger partial charge in [-0.1, -0.05) is 199 Å². The van der Waals surface area contributed by atoms with Gasteiger partial charge in [-0.05, 0) is 168 Å². The molecule has 0 atom stereocenters. The van der Waals surface area contributed by atoms with Crippen molar-refractivity contribution in [1.82, 2.24) is 0 Å². The molecule has 0 saturated carbocycles. The predicted molar refractivity (Wildman–Crippen MR) is 357 cm³/mol. The first-order chi connectivity index (χ1) is 39.0. The van der Waals surface area contributed by atoms with Crippen LogP contribution >= 0.6 is 11.3 Å². The number of rotatable bonds is 8. The van der Waals surface area contributed by atoms with Gasteiger partial charge in [0.25, 0.3) is 0 Å². The molecule has 82 heavy (non-hydrogen) atoms. The van der Waals surface area contributed by atoms with E-state index in [0.29, 0.717) is 0 Å². The summed E-state index contributed by atoms with van der Waals surface area (Å²) < 4.78 is 8.60. The third-order valence-electron chi connectivity index (χ3n) is 18.1. The summed E-state index contributed by atoms with van der Waals surface area (Å²) in [5.74, 6) is 0. The van der Waals surface area contributed by atoms with Gasteiger partial charge >= 0.3 is 0 Å². The largest absolute Gasteiger partial charge is 0.455 e. The molecule has 9 aromatic carbocycles. The molecule has 4 nitrogen and oxygen atoms in total. The fraction of sp³-hybridized carbons (Fsp3) is 0.263. The third-order valence-corrected chi connectivity index (χ3v) is 19.3. The molecule has 410 valence electrons. The molecule has 0 radical (unpaired) electrons. The quantitative estimate of drug-likeness (QED) is 0.154. The van der Waals surface area contributed by atoms with E-state index in [1.165, 1.54) is 70.6 Å². The second kappa shape index (κ2) is 19.4. The van der Waals surface area contributed by atoms with Crippen molar-refractivity contribution < 1.29 is 4.42 Å².